The Morgan fingerprint density at radius 2 is 1.78 bits per heavy atom. The molecule has 2 aromatic heterocycles. The lowest BCUT2D eigenvalue weighted by Gasteiger charge is -2.30. The van der Waals surface area contributed by atoms with Crippen LogP contribution in [0, 0.1) is 0 Å². The number of carbonyl (C=O) groups is 1. The Hall–Kier alpha value is -4.06. The van der Waals surface area contributed by atoms with E-state index in [0.29, 0.717) is 12.8 Å². The van der Waals surface area contributed by atoms with Gasteiger partial charge in [-0.3, -0.25) is 4.79 Å². The molecule has 1 amide bonds. The number of fused-ring (bicyclic) bond motifs is 2. The Labute approximate surface area is 209 Å². The van der Waals surface area contributed by atoms with Gasteiger partial charge in [0, 0.05) is 42.0 Å². The molecule has 0 spiro atoms. The molecule has 0 aliphatic carbocycles. The second kappa shape index (κ2) is 9.53. The average molecular weight is 480 g/mol. The third-order valence-electron chi connectivity index (χ3n) is 7.29. The number of likely N-dealkylation sites (tertiary alicyclic amines) is 1. The minimum absolute atomic E-state index is 0.206. The molecule has 3 heterocycles. The number of amides is 1. The number of nitrogens with zero attached hydrogens (tertiary/aromatic N) is 2. The number of aromatic amines is 1. The van der Waals surface area contributed by atoms with E-state index in [0.717, 1.165) is 65.4 Å². The van der Waals surface area contributed by atoms with Gasteiger partial charge in [0.05, 0.1) is 7.11 Å². The van der Waals surface area contributed by atoms with E-state index < -0.39 is 0 Å². The lowest BCUT2D eigenvalue weighted by molar-refractivity contribution is -0.132. The third kappa shape index (κ3) is 4.24. The fourth-order valence-corrected chi connectivity index (χ4v) is 5.29. The van der Waals surface area contributed by atoms with E-state index in [1.807, 2.05) is 47.4 Å². The van der Waals surface area contributed by atoms with Crippen molar-refractivity contribution in [1.29, 1.82) is 0 Å². The molecule has 0 saturated carbocycles. The van der Waals surface area contributed by atoms with E-state index in [4.69, 9.17) is 9.15 Å². The van der Waals surface area contributed by atoms with Gasteiger partial charge >= 0.3 is 0 Å². The molecule has 36 heavy (non-hydrogen) atoms. The van der Waals surface area contributed by atoms with Crippen molar-refractivity contribution in [2.75, 3.05) is 20.2 Å². The highest BCUT2D eigenvalue weighted by Crippen LogP contribution is 2.33. The average Bonchev–Trinajstić information content (AvgIpc) is 3.54. The van der Waals surface area contributed by atoms with Gasteiger partial charge in [-0.25, -0.2) is 4.98 Å². The first-order chi connectivity index (χ1) is 17.7. The molecule has 1 N–H and O–H groups in total. The molecule has 6 nitrogen and oxygen atoms in total. The predicted molar refractivity (Wildman–Crippen MR) is 141 cm³/mol. The van der Waals surface area contributed by atoms with Crippen molar-refractivity contribution in [1.82, 2.24) is 14.9 Å². The van der Waals surface area contributed by atoms with E-state index in [9.17, 15) is 4.79 Å². The summed E-state index contributed by atoms with van der Waals surface area (Å²) >= 11 is 0. The summed E-state index contributed by atoms with van der Waals surface area (Å²) in [5, 5.41) is 1.17. The van der Waals surface area contributed by atoms with Crippen molar-refractivity contribution in [3.05, 3.63) is 84.3 Å². The number of ether oxygens (including phenoxy) is 1. The van der Waals surface area contributed by atoms with Gasteiger partial charge in [0.15, 0.2) is 11.5 Å². The fraction of sp³-hybridized carbons (Fsp3) is 0.267. The first-order valence-electron chi connectivity index (χ1n) is 12.6. The van der Waals surface area contributed by atoms with Gasteiger partial charge in [0.1, 0.15) is 11.3 Å². The maximum absolute atomic E-state index is 13.2. The van der Waals surface area contributed by atoms with E-state index in [2.05, 4.69) is 40.3 Å². The van der Waals surface area contributed by atoms with Crippen LogP contribution in [0.3, 0.4) is 0 Å². The van der Waals surface area contributed by atoms with Crippen LogP contribution in [0.4, 0.5) is 0 Å². The normalized spacial score (nSPS) is 14.5. The first kappa shape index (κ1) is 22.4. The monoisotopic (exact) mass is 479 g/mol. The molecule has 1 aliphatic rings. The van der Waals surface area contributed by atoms with Gasteiger partial charge in [-0.2, -0.15) is 0 Å². The number of aryl methyl sites for hydroxylation is 1. The molecule has 5 aromatic rings. The maximum Gasteiger partial charge on any atom is 0.222 e. The maximum atomic E-state index is 13.2. The SMILES string of the molecule is COc1ccc(-c2[nH]c3ccccc3c2CCC(=O)N2CCC(c3nc4ccccc4o3)CC2)cc1. The van der Waals surface area contributed by atoms with Crippen molar-refractivity contribution in [3.8, 4) is 17.0 Å². The Bertz CT molecular complexity index is 1470. The molecule has 0 atom stereocenters. The van der Waals surface area contributed by atoms with E-state index in [-0.39, 0.29) is 11.8 Å². The number of methoxy groups -OCH3 is 1. The molecule has 1 saturated heterocycles. The van der Waals surface area contributed by atoms with Crippen LogP contribution in [0.1, 0.15) is 36.6 Å². The topological polar surface area (TPSA) is 71.4 Å². The summed E-state index contributed by atoms with van der Waals surface area (Å²) in [4.78, 5) is 23.5. The van der Waals surface area contributed by atoms with Gasteiger partial charge in [-0.15, -0.1) is 0 Å². The highest BCUT2D eigenvalue weighted by molar-refractivity contribution is 5.91. The molecule has 0 radical (unpaired) electrons. The summed E-state index contributed by atoms with van der Waals surface area (Å²) in [6.45, 7) is 1.48. The smallest absolute Gasteiger partial charge is 0.222 e. The van der Waals surface area contributed by atoms with Crippen LogP contribution in [0.2, 0.25) is 0 Å². The number of hydrogen-bond donors (Lipinski definition) is 1. The molecule has 0 unspecified atom stereocenters. The number of nitrogens with one attached hydrogen (secondary N) is 1. The van der Waals surface area contributed by atoms with E-state index >= 15 is 0 Å². The highest BCUT2D eigenvalue weighted by atomic mass is 16.5. The van der Waals surface area contributed by atoms with Gasteiger partial charge in [0.25, 0.3) is 0 Å². The van der Waals surface area contributed by atoms with Gasteiger partial charge in [0.2, 0.25) is 5.91 Å². The second-order valence-electron chi connectivity index (χ2n) is 9.43. The minimum Gasteiger partial charge on any atom is -0.497 e. The number of benzene rings is 3. The number of carbonyl (C=O) groups excluding carboxylic acids is 1. The Morgan fingerprint density at radius 1 is 1.03 bits per heavy atom. The fourth-order valence-electron chi connectivity index (χ4n) is 5.29. The molecule has 1 aliphatic heterocycles. The van der Waals surface area contributed by atoms with Gasteiger partial charge < -0.3 is 19.0 Å². The molecule has 6 heteroatoms. The molecule has 0 bridgehead atoms. The lowest BCUT2D eigenvalue weighted by atomic mass is 9.96. The van der Waals surface area contributed by atoms with Crippen LogP contribution in [0.5, 0.6) is 5.75 Å². The Morgan fingerprint density at radius 3 is 2.56 bits per heavy atom. The molecular weight excluding hydrogens is 450 g/mol. The number of rotatable bonds is 6. The highest BCUT2D eigenvalue weighted by Gasteiger charge is 2.27. The van der Waals surface area contributed by atoms with E-state index in [1.54, 1.807) is 7.11 Å². The summed E-state index contributed by atoms with van der Waals surface area (Å²) in [7, 11) is 1.67. The molecular formula is C30H29N3O3. The quantitative estimate of drug-likeness (QED) is 0.309. The standard InChI is InChI=1S/C30H29N3O3/c1-35-22-12-10-20(11-13-22)29-24(23-6-2-3-7-25(23)31-29)14-15-28(34)33-18-16-21(17-19-33)30-32-26-8-4-5-9-27(26)36-30/h2-13,21,31H,14-19H2,1H3. The third-order valence-corrected chi connectivity index (χ3v) is 7.29. The summed E-state index contributed by atoms with van der Waals surface area (Å²) < 4.78 is 11.3. The molecule has 3 aromatic carbocycles. The van der Waals surface area contributed by atoms with Gasteiger partial charge in [-0.05, 0) is 72.9 Å². The summed E-state index contributed by atoms with van der Waals surface area (Å²) in [6, 6.07) is 24.2. The minimum atomic E-state index is 0.206. The summed E-state index contributed by atoms with van der Waals surface area (Å²) in [5.41, 5.74) is 6.17. The van der Waals surface area contributed by atoms with Crippen molar-refractivity contribution >= 4 is 27.9 Å². The number of hydrogen-bond acceptors (Lipinski definition) is 4. The zero-order valence-corrected chi connectivity index (χ0v) is 20.4. The number of piperidine rings is 1. The van der Waals surface area contributed by atoms with Crippen LogP contribution in [0.25, 0.3) is 33.3 Å². The number of aromatic nitrogens is 2. The van der Waals surface area contributed by atoms with Gasteiger partial charge in [-0.1, -0.05) is 30.3 Å². The van der Waals surface area contributed by atoms with E-state index in [1.165, 1.54) is 10.9 Å². The summed E-state index contributed by atoms with van der Waals surface area (Å²) in [5.74, 6) is 2.09. The van der Waals surface area contributed by atoms with Crippen molar-refractivity contribution in [2.24, 2.45) is 0 Å². The largest absolute Gasteiger partial charge is 0.497 e. The molecule has 182 valence electrons. The number of H-pyrrole nitrogens is 1. The predicted octanol–water partition coefficient (Wildman–Crippen LogP) is 6.32. The summed E-state index contributed by atoms with van der Waals surface area (Å²) in [6.07, 6.45) is 2.93. The molecule has 6 rings (SSSR count). The van der Waals surface area contributed by atoms with Crippen LogP contribution < -0.4 is 4.74 Å². The van der Waals surface area contributed by atoms with Crippen LogP contribution >= 0.6 is 0 Å². The van der Waals surface area contributed by atoms with Crippen LogP contribution in [0.15, 0.2) is 77.2 Å². The van der Waals surface area contributed by atoms with Crippen molar-refractivity contribution < 1.29 is 13.9 Å². The molecule has 1 fully saturated rings. The van der Waals surface area contributed by atoms with Crippen molar-refractivity contribution in [3.63, 3.8) is 0 Å². The van der Waals surface area contributed by atoms with Crippen LogP contribution in [-0.2, 0) is 11.2 Å². The first-order valence-corrected chi connectivity index (χ1v) is 12.6. The van der Waals surface area contributed by atoms with Crippen LogP contribution in [-0.4, -0.2) is 41.0 Å². The van der Waals surface area contributed by atoms with Crippen molar-refractivity contribution in [2.45, 2.75) is 31.6 Å². The zero-order chi connectivity index (χ0) is 24.5. The number of para-hydroxylation sites is 3. The second-order valence-corrected chi connectivity index (χ2v) is 9.43. The Kier molecular flexibility index (Phi) is 5.93. The Balaban J connectivity index is 1.15. The zero-order valence-electron chi connectivity index (χ0n) is 20.4. The number of oxazole rings is 1. The lowest BCUT2D eigenvalue weighted by Crippen LogP contribution is -2.38.